The summed E-state index contributed by atoms with van der Waals surface area (Å²) in [6.45, 7) is 0. The first-order chi connectivity index (χ1) is 13.2. The van der Waals surface area contributed by atoms with Crippen molar-refractivity contribution in [3.05, 3.63) is 54.6 Å². The second-order valence-corrected chi connectivity index (χ2v) is 7.99. The zero-order chi connectivity index (χ0) is 18.6. The number of ether oxygens (including phenoxy) is 1. The molecule has 0 spiro atoms. The molecule has 2 heterocycles. The molecular formula is C20H17N3O2S2. The maximum atomic E-state index is 12.2. The molecule has 7 heteroatoms. The van der Waals surface area contributed by atoms with Crippen molar-refractivity contribution in [2.75, 3.05) is 18.2 Å². The molecule has 0 bridgehead atoms. The number of anilines is 1. The number of fused-ring (bicyclic) bond motifs is 2. The van der Waals surface area contributed by atoms with Crippen LogP contribution in [0.5, 0.6) is 5.75 Å². The van der Waals surface area contributed by atoms with Crippen LogP contribution in [-0.4, -0.2) is 28.7 Å². The van der Waals surface area contributed by atoms with E-state index < -0.39 is 0 Å². The molecule has 2 aromatic heterocycles. The van der Waals surface area contributed by atoms with Crippen LogP contribution in [-0.2, 0) is 4.79 Å². The highest BCUT2D eigenvalue weighted by molar-refractivity contribution is 7.99. The third-order valence-corrected chi connectivity index (χ3v) is 5.86. The molecule has 0 aliphatic heterocycles. The Bertz CT molecular complexity index is 1110. The van der Waals surface area contributed by atoms with Crippen LogP contribution in [0.25, 0.3) is 21.1 Å². The van der Waals surface area contributed by atoms with Gasteiger partial charge in [0.15, 0.2) is 5.13 Å². The summed E-state index contributed by atoms with van der Waals surface area (Å²) in [5.41, 5.74) is 1.82. The highest BCUT2D eigenvalue weighted by atomic mass is 32.2. The van der Waals surface area contributed by atoms with Crippen molar-refractivity contribution < 1.29 is 9.53 Å². The number of carbonyl (C=O) groups excluding carboxylic acids is 1. The maximum absolute atomic E-state index is 12.2. The van der Waals surface area contributed by atoms with Gasteiger partial charge in [-0.3, -0.25) is 4.79 Å². The fourth-order valence-corrected chi connectivity index (χ4v) is 4.38. The first kappa shape index (κ1) is 17.8. The molecule has 1 N–H and O–H groups in total. The fraction of sp³-hybridized carbons (Fsp3) is 0.150. The van der Waals surface area contributed by atoms with Crippen molar-refractivity contribution in [2.45, 2.75) is 11.4 Å². The lowest BCUT2D eigenvalue weighted by Gasteiger charge is -2.03. The van der Waals surface area contributed by atoms with E-state index in [1.165, 1.54) is 11.3 Å². The molecule has 5 nitrogen and oxygen atoms in total. The molecule has 0 fully saturated rings. The van der Waals surface area contributed by atoms with Crippen molar-refractivity contribution in [2.24, 2.45) is 0 Å². The minimum absolute atomic E-state index is 0.0469. The topological polar surface area (TPSA) is 64.1 Å². The molecule has 0 atom stereocenters. The normalized spacial score (nSPS) is 11.0. The van der Waals surface area contributed by atoms with E-state index in [0.29, 0.717) is 17.3 Å². The number of nitrogens with zero attached hydrogens (tertiary/aromatic N) is 2. The zero-order valence-electron chi connectivity index (χ0n) is 14.6. The zero-order valence-corrected chi connectivity index (χ0v) is 16.3. The van der Waals surface area contributed by atoms with Crippen molar-refractivity contribution in [1.29, 1.82) is 0 Å². The molecule has 4 aromatic rings. The predicted octanol–water partition coefficient (Wildman–Crippen LogP) is 4.97. The number of pyridine rings is 1. The first-order valence-corrected chi connectivity index (χ1v) is 10.2. The van der Waals surface area contributed by atoms with Crippen LogP contribution in [0.2, 0.25) is 0 Å². The van der Waals surface area contributed by atoms with Gasteiger partial charge in [0.2, 0.25) is 5.91 Å². The van der Waals surface area contributed by atoms with E-state index in [1.54, 1.807) is 18.9 Å². The summed E-state index contributed by atoms with van der Waals surface area (Å²) in [6.07, 6.45) is 0.401. The summed E-state index contributed by atoms with van der Waals surface area (Å²) in [5.74, 6) is 1.40. The van der Waals surface area contributed by atoms with Gasteiger partial charge in [0.05, 0.1) is 27.9 Å². The maximum Gasteiger partial charge on any atom is 0.226 e. The van der Waals surface area contributed by atoms with Gasteiger partial charge < -0.3 is 10.1 Å². The number of amides is 1. The summed E-state index contributed by atoms with van der Waals surface area (Å²) in [6, 6.07) is 17.7. The van der Waals surface area contributed by atoms with Gasteiger partial charge in [-0.2, -0.15) is 0 Å². The van der Waals surface area contributed by atoms with Crippen LogP contribution >= 0.6 is 23.1 Å². The van der Waals surface area contributed by atoms with Gasteiger partial charge in [0.25, 0.3) is 0 Å². The molecule has 4 rings (SSSR count). The minimum atomic E-state index is -0.0469. The molecule has 0 radical (unpaired) electrons. The van der Waals surface area contributed by atoms with Crippen LogP contribution in [0.1, 0.15) is 6.42 Å². The molecule has 0 saturated carbocycles. The smallest absolute Gasteiger partial charge is 0.226 e. The van der Waals surface area contributed by atoms with Crippen molar-refractivity contribution in [3.63, 3.8) is 0 Å². The van der Waals surface area contributed by atoms with Gasteiger partial charge in [0.1, 0.15) is 5.75 Å². The molecule has 0 aliphatic rings. The Hall–Kier alpha value is -2.64. The first-order valence-electron chi connectivity index (χ1n) is 8.44. The van der Waals surface area contributed by atoms with Gasteiger partial charge in [-0.05, 0) is 30.3 Å². The van der Waals surface area contributed by atoms with Crippen molar-refractivity contribution >= 4 is 55.3 Å². The quantitative estimate of drug-likeness (QED) is 0.467. The van der Waals surface area contributed by atoms with Crippen molar-refractivity contribution in [3.8, 4) is 5.75 Å². The molecule has 1 amide bonds. The van der Waals surface area contributed by atoms with Gasteiger partial charge in [-0.15, -0.1) is 11.8 Å². The molecular weight excluding hydrogens is 378 g/mol. The average molecular weight is 396 g/mol. The minimum Gasteiger partial charge on any atom is -0.497 e. The van der Waals surface area contributed by atoms with Gasteiger partial charge in [-0.1, -0.05) is 35.6 Å². The number of rotatable bonds is 6. The third kappa shape index (κ3) is 4.20. The highest BCUT2D eigenvalue weighted by Gasteiger charge is 2.09. The second-order valence-electron chi connectivity index (χ2n) is 5.84. The van der Waals surface area contributed by atoms with Crippen molar-refractivity contribution in [1.82, 2.24) is 9.97 Å². The Kier molecular flexibility index (Phi) is 5.22. The molecule has 0 aliphatic carbocycles. The molecule has 0 saturated heterocycles. The Balaban J connectivity index is 1.33. The van der Waals surface area contributed by atoms with Crippen LogP contribution in [0.15, 0.2) is 59.6 Å². The average Bonchev–Trinajstić information content (AvgIpc) is 3.09. The SMILES string of the molecule is COc1ccc2nc(NC(=O)CCSc3ccc4ccccc4n3)sc2c1. The number of aromatic nitrogens is 2. The van der Waals surface area contributed by atoms with E-state index in [2.05, 4.69) is 21.4 Å². The van der Waals surface area contributed by atoms with Crippen LogP contribution in [0, 0.1) is 0 Å². The monoisotopic (exact) mass is 395 g/mol. The number of hydrogen-bond donors (Lipinski definition) is 1. The molecule has 2 aromatic carbocycles. The summed E-state index contributed by atoms with van der Waals surface area (Å²) < 4.78 is 6.20. The Morgan fingerprint density at radius 2 is 2.00 bits per heavy atom. The lowest BCUT2D eigenvalue weighted by molar-refractivity contribution is -0.115. The number of nitrogens with one attached hydrogen (secondary N) is 1. The number of hydrogen-bond acceptors (Lipinski definition) is 6. The van der Waals surface area contributed by atoms with Crippen LogP contribution in [0.4, 0.5) is 5.13 Å². The summed E-state index contributed by atoms with van der Waals surface area (Å²) in [4.78, 5) is 21.3. The van der Waals surface area contributed by atoms with E-state index in [9.17, 15) is 4.79 Å². The Morgan fingerprint density at radius 3 is 2.89 bits per heavy atom. The number of methoxy groups -OCH3 is 1. The van der Waals surface area contributed by atoms with E-state index in [0.717, 1.165) is 31.9 Å². The van der Waals surface area contributed by atoms with E-state index in [4.69, 9.17) is 4.74 Å². The standard InChI is InChI=1S/C20H17N3O2S2/c1-25-14-7-8-16-17(12-14)27-20(22-16)23-18(24)10-11-26-19-9-6-13-4-2-3-5-15(13)21-19/h2-9,12H,10-11H2,1H3,(H,22,23,24). The lowest BCUT2D eigenvalue weighted by Crippen LogP contribution is -2.11. The summed E-state index contributed by atoms with van der Waals surface area (Å²) >= 11 is 3.02. The number of carbonyl (C=O) groups is 1. The molecule has 27 heavy (non-hydrogen) atoms. The number of thiazole rings is 1. The van der Waals surface area contributed by atoms with Crippen LogP contribution in [0.3, 0.4) is 0 Å². The van der Waals surface area contributed by atoms with Gasteiger partial charge in [-0.25, -0.2) is 9.97 Å². The molecule has 136 valence electrons. The number of benzene rings is 2. The largest absolute Gasteiger partial charge is 0.497 e. The summed E-state index contributed by atoms with van der Waals surface area (Å²) in [7, 11) is 1.63. The predicted molar refractivity (Wildman–Crippen MR) is 112 cm³/mol. The van der Waals surface area contributed by atoms with Gasteiger partial charge >= 0.3 is 0 Å². The van der Waals surface area contributed by atoms with Crippen LogP contribution < -0.4 is 10.1 Å². The van der Waals surface area contributed by atoms with Gasteiger partial charge in [0, 0.05) is 17.6 Å². The Labute approximate surface area is 164 Å². The number of para-hydroxylation sites is 1. The molecule has 0 unspecified atom stereocenters. The summed E-state index contributed by atoms with van der Waals surface area (Å²) in [5, 5.41) is 5.53. The van der Waals surface area contributed by atoms with E-state index in [-0.39, 0.29) is 5.91 Å². The van der Waals surface area contributed by atoms with E-state index in [1.807, 2.05) is 48.5 Å². The third-order valence-electron chi connectivity index (χ3n) is 3.99. The number of thioether (sulfide) groups is 1. The Morgan fingerprint density at radius 1 is 1.11 bits per heavy atom. The highest BCUT2D eigenvalue weighted by Crippen LogP contribution is 2.29. The lowest BCUT2D eigenvalue weighted by atomic mass is 10.2. The van der Waals surface area contributed by atoms with E-state index >= 15 is 0 Å². The second kappa shape index (κ2) is 7.94. The fourth-order valence-electron chi connectivity index (χ4n) is 2.64.